The molecule has 1 aliphatic rings. The monoisotopic (exact) mass is 471 g/mol. The summed E-state index contributed by atoms with van der Waals surface area (Å²) in [5, 5.41) is 12.6. The van der Waals surface area contributed by atoms with Gasteiger partial charge in [-0.1, -0.05) is 42.5 Å². The first kappa shape index (κ1) is 23.8. The Hall–Kier alpha value is -4.30. The molecule has 1 unspecified atom stereocenters. The maximum absolute atomic E-state index is 13.1. The van der Waals surface area contributed by atoms with E-state index in [4.69, 9.17) is 9.73 Å². The molecule has 0 spiro atoms. The van der Waals surface area contributed by atoms with Crippen LogP contribution in [0.3, 0.4) is 0 Å². The molecule has 1 aliphatic heterocycles. The van der Waals surface area contributed by atoms with Gasteiger partial charge in [0.2, 0.25) is 5.91 Å². The van der Waals surface area contributed by atoms with Crippen LogP contribution in [0.15, 0.2) is 71.7 Å². The molecule has 0 radical (unpaired) electrons. The fraction of sp³-hybridized carbons (Fsp3) is 0.185. The van der Waals surface area contributed by atoms with E-state index >= 15 is 0 Å². The van der Waals surface area contributed by atoms with Crippen molar-refractivity contribution in [3.05, 3.63) is 94.5 Å². The van der Waals surface area contributed by atoms with Crippen molar-refractivity contribution in [1.82, 2.24) is 4.90 Å². The lowest BCUT2D eigenvalue weighted by Crippen LogP contribution is -2.22. The number of hydrogen-bond donors (Lipinski definition) is 2. The van der Waals surface area contributed by atoms with Crippen molar-refractivity contribution in [2.75, 3.05) is 26.5 Å². The zero-order chi connectivity index (χ0) is 25.1. The smallest absolute Gasteiger partial charge is 0.337 e. The summed E-state index contributed by atoms with van der Waals surface area (Å²) in [6.07, 6.45) is 0. The number of anilines is 1. The number of aliphatic imine (C=N–C) groups is 1. The minimum atomic E-state index is -1.04. The van der Waals surface area contributed by atoms with Gasteiger partial charge in [0.05, 0.1) is 29.6 Å². The normalized spacial score (nSPS) is 15.0. The van der Waals surface area contributed by atoms with Crippen LogP contribution in [0.2, 0.25) is 0 Å². The van der Waals surface area contributed by atoms with Crippen LogP contribution in [-0.2, 0) is 16.1 Å². The van der Waals surface area contributed by atoms with Gasteiger partial charge in [0.1, 0.15) is 5.92 Å². The van der Waals surface area contributed by atoms with Gasteiger partial charge >= 0.3 is 11.9 Å². The van der Waals surface area contributed by atoms with E-state index in [1.54, 1.807) is 30.3 Å². The molecule has 1 amide bonds. The van der Waals surface area contributed by atoms with Crippen LogP contribution in [0, 0.1) is 0 Å². The average Bonchev–Trinajstić information content (AvgIpc) is 3.17. The molecule has 0 saturated carbocycles. The van der Waals surface area contributed by atoms with Crippen LogP contribution >= 0.6 is 0 Å². The summed E-state index contributed by atoms with van der Waals surface area (Å²) in [6.45, 7) is 0.470. The maximum Gasteiger partial charge on any atom is 0.337 e. The minimum Gasteiger partial charge on any atom is -0.478 e. The molecule has 4 rings (SSSR count). The number of benzene rings is 3. The van der Waals surface area contributed by atoms with E-state index in [1.165, 1.54) is 13.2 Å². The Morgan fingerprint density at radius 1 is 1.03 bits per heavy atom. The predicted molar refractivity (Wildman–Crippen MR) is 133 cm³/mol. The van der Waals surface area contributed by atoms with E-state index in [9.17, 15) is 19.5 Å². The van der Waals surface area contributed by atoms with Crippen LogP contribution in [0.25, 0.3) is 0 Å². The molecule has 0 aromatic heterocycles. The molecule has 0 fully saturated rings. The van der Waals surface area contributed by atoms with Crippen molar-refractivity contribution >= 4 is 34.9 Å². The summed E-state index contributed by atoms with van der Waals surface area (Å²) < 4.78 is 4.78. The second-order valence-electron chi connectivity index (χ2n) is 8.46. The topological polar surface area (TPSA) is 108 Å². The molecule has 35 heavy (non-hydrogen) atoms. The highest BCUT2D eigenvalue weighted by molar-refractivity contribution is 6.24. The molecular weight excluding hydrogens is 446 g/mol. The highest BCUT2D eigenvalue weighted by atomic mass is 16.5. The molecule has 3 aromatic rings. The first-order valence-corrected chi connectivity index (χ1v) is 11.0. The molecule has 3 aromatic carbocycles. The quantitative estimate of drug-likeness (QED) is 0.397. The Labute approximate surface area is 202 Å². The molecule has 0 aliphatic carbocycles. The molecule has 0 saturated heterocycles. The van der Waals surface area contributed by atoms with E-state index in [0.717, 1.165) is 5.56 Å². The number of amides is 1. The van der Waals surface area contributed by atoms with Crippen LogP contribution < -0.4 is 5.32 Å². The maximum atomic E-state index is 13.1. The summed E-state index contributed by atoms with van der Waals surface area (Å²) in [4.78, 5) is 43.7. The minimum absolute atomic E-state index is 0.159. The zero-order valence-corrected chi connectivity index (χ0v) is 19.6. The number of nitrogens with one attached hydrogen (secondary N) is 1. The third-order valence-electron chi connectivity index (χ3n) is 5.71. The van der Waals surface area contributed by atoms with Crippen LogP contribution in [0.1, 0.15) is 43.3 Å². The first-order chi connectivity index (χ1) is 16.8. The van der Waals surface area contributed by atoms with Crippen molar-refractivity contribution in [3.63, 3.8) is 0 Å². The Balaban J connectivity index is 1.84. The number of methoxy groups -OCH3 is 1. The summed E-state index contributed by atoms with van der Waals surface area (Å²) in [5.41, 5.74) is 3.97. The number of rotatable bonds is 7. The number of carbonyl (C=O) groups is 3. The highest BCUT2D eigenvalue weighted by Gasteiger charge is 2.36. The molecule has 8 nitrogen and oxygen atoms in total. The predicted octanol–water partition coefficient (Wildman–Crippen LogP) is 4.09. The number of nitrogens with zero attached hydrogens (tertiary/aromatic N) is 2. The van der Waals surface area contributed by atoms with Gasteiger partial charge in [-0.15, -0.1) is 0 Å². The highest BCUT2D eigenvalue weighted by Crippen LogP contribution is 2.37. The van der Waals surface area contributed by atoms with Crippen LogP contribution in [0.4, 0.5) is 11.4 Å². The van der Waals surface area contributed by atoms with Gasteiger partial charge < -0.3 is 20.1 Å². The summed E-state index contributed by atoms with van der Waals surface area (Å²) >= 11 is 0. The number of carboxylic acid groups (broad SMARTS) is 1. The fourth-order valence-corrected chi connectivity index (χ4v) is 4.13. The second-order valence-corrected chi connectivity index (χ2v) is 8.46. The second kappa shape index (κ2) is 9.90. The molecule has 8 heteroatoms. The Morgan fingerprint density at radius 2 is 1.77 bits per heavy atom. The number of hydrogen-bond acceptors (Lipinski definition) is 6. The van der Waals surface area contributed by atoms with Gasteiger partial charge in [-0.3, -0.25) is 9.79 Å². The molecule has 0 bridgehead atoms. The zero-order valence-electron chi connectivity index (χ0n) is 19.6. The summed E-state index contributed by atoms with van der Waals surface area (Å²) in [6, 6.07) is 19.2. The van der Waals surface area contributed by atoms with E-state index in [-0.39, 0.29) is 11.5 Å². The number of ether oxygens (including phenoxy) is 1. The van der Waals surface area contributed by atoms with Gasteiger partial charge in [0.25, 0.3) is 0 Å². The van der Waals surface area contributed by atoms with Gasteiger partial charge in [-0.2, -0.15) is 0 Å². The van der Waals surface area contributed by atoms with E-state index in [2.05, 4.69) is 5.32 Å². The standard InChI is InChI=1S/C27H25N3O5/c1-30(2)15-18-9-11-19(14-21(18)26(32)33)28-24(16-7-5-4-6-8-16)23-20-12-10-17(27(34)35-3)13-22(20)29-25(23)31/h4-14,23H,15H2,1-3H3,(H,29,31)(H,32,33). The van der Waals surface area contributed by atoms with Crippen molar-refractivity contribution < 1.29 is 24.2 Å². The summed E-state index contributed by atoms with van der Waals surface area (Å²) in [5.74, 6) is -2.57. The molecule has 2 N–H and O–H groups in total. The molecule has 1 heterocycles. The number of fused-ring (bicyclic) bond motifs is 1. The van der Waals surface area contributed by atoms with Crippen LogP contribution in [-0.4, -0.2) is 54.8 Å². The number of carboxylic acids is 1. The molecule has 178 valence electrons. The van der Waals surface area contributed by atoms with E-state index in [1.807, 2.05) is 49.3 Å². The molecule has 1 atom stereocenters. The van der Waals surface area contributed by atoms with E-state index < -0.39 is 17.9 Å². The number of carbonyl (C=O) groups excluding carboxylic acids is 2. The van der Waals surface area contributed by atoms with Crippen LogP contribution in [0.5, 0.6) is 0 Å². The number of aromatic carboxylic acids is 1. The Kier molecular flexibility index (Phi) is 6.75. The van der Waals surface area contributed by atoms with Gasteiger partial charge in [-0.05, 0) is 55.1 Å². The Morgan fingerprint density at radius 3 is 2.43 bits per heavy atom. The summed E-state index contributed by atoms with van der Waals surface area (Å²) in [7, 11) is 5.03. The molecular formula is C27H25N3O5. The lowest BCUT2D eigenvalue weighted by molar-refractivity contribution is -0.115. The Bertz CT molecular complexity index is 1330. The van der Waals surface area contributed by atoms with Gasteiger partial charge in [0.15, 0.2) is 0 Å². The third-order valence-corrected chi connectivity index (χ3v) is 5.71. The SMILES string of the molecule is COC(=O)c1ccc2c(c1)NC(=O)C2C(=Nc1ccc(CN(C)C)c(C(=O)O)c1)c1ccccc1. The van der Waals surface area contributed by atoms with Crippen molar-refractivity contribution in [2.24, 2.45) is 4.99 Å². The lowest BCUT2D eigenvalue weighted by atomic mass is 9.90. The van der Waals surface area contributed by atoms with Crippen molar-refractivity contribution in [3.8, 4) is 0 Å². The van der Waals surface area contributed by atoms with E-state index in [0.29, 0.717) is 40.3 Å². The average molecular weight is 472 g/mol. The third kappa shape index (κ3) is 4.97. The fourth-order valence-electron chi connectivity index (χ4n) is 4.13. The largest absolute Gasteiger partial charge is 0.478 e. The van der Waals surface area contributed by atoms with Crippen molar-refractivity contribution in [1.29, 1.82) is 0 Å². The number of esters is 1. The lowest BCUT2D eigenvalue weighted by Gasteiger charge is -2.15. The van der Waals surface area contributed by atoms with Crippen molar-refractivity contribution in [2.45, 2.75) is 12.5 Å². The van der Waals surface area contributed by atoms with Gasteiger partial charge in [0, 0.05) is 12.2 Å². The first-order valence-electron chi connectivity index (χ1n) is 11.0. The van der Waals surface area contributed by atoms with Gasteiger partial charge in [-0.25, -0.2) is 9.59 Å².